The molecular weight excluding hydrogens is 158 g/mol. The summed E-state index contributed by atoms with van der Waals surface area (Å²) < 4.78 is 0. The molecule has 1 nitrogen and oxygen atoms in total. The average molecular weight is 183 g/mol. The lowest BCUT2D eigenvalue weighted by Crippen LogP contribution is -2.23. The van der Waals surface area contributed by atoms with Crippen LogP contribution in [0, 0.1) is 5.92 Å². The molecule has 0 spiro atoms. The molecule has 0 aromatic carbocycles. The fourth-order valence-corrected chi connectivity index (χ4v) is 2.18. The van der Waals surface area contributed by atoms with E-state index in [1.165, 1.54) is 64.5 Å². The Labute approximate surface area is 83.3 Å². The third-order valence-electron chi connectivity index (χ3n) is 3.11. The summed E-state index contributed by atoms with van der Waals surface area (Å²) >= 11 is 0. The second-order valence-corrected chi connectivity index (χ2v) is 4.42. The number of rotatable bonds is 5. The molecule has 1 heteroatoms. The van der Waals surface area contributed by atoms with Crippen molar-refractivity contribution in [1.29, 1.82) is 0 Å². The highest BCUT2D eigenvalue weighted by molar-refractivity contribution is 4.66. The van der Waals surface area contributed by atoms with E-state index in [4.69, 9.17) is 0 Å². The molecule has 13 heavy (non-hydrogen) atoms. The van der Waals surface area contributed by atoms with Gasteiger partial charge in [0.1, 0.15) is 0 Å². The second-order valence-electron chi connectivity index (χ2n) is 4.42. The number of hydrogen-bond donors (Lipinski definition) is 1. The standard InChI is InChI=1S/C12H25N/c1-2-3-10-13-11-12-8-6-4-5-7-9-12/h12-13H,2-11H2,1H3. The molecule has 78 valence electrons. The van der Waals surface area contributed by atoms with Crippen LogP contribution in [-0.4, -0.2) is 13.1 Å². The zero-order valence-electron chi connectivity index (χ0n) is 9.15. The van der Waals surface area contributed by atoms with E-state index in [9.17, 15) is 0 Å². The SMILES string of the molecule is CCCCNCC1CCCCCC1. The van der Waals surface area contributed by atoms with Crippen molar-refractivity contribution >= 4 is 0 Å². The first kappa shape index (κ1) is 11.0. The van der Waals surface area contributed by atoms with E-state index in [0.717, 1.165) is 5.92 Å². The minimum absolute atomic E-state index is 0.986. The zero-order valence-corrected chi connectivity index (χ0v) is 9.15. The van der Waals surface area contributed by atoms with Crippen molar-refractivity contribution in [3.05, 3.63) is 0 Å². The van der Waals surface area contributed by atoms with Crippen LogP contribution in [0.1, 0.15) is 58.3 Å². The summed E-state index contributed by atoms with van der Waals surface area (Å²) in [5.74, 6) is 0.986. The smallest absolute Gasteiger partial charge is 0.00205 e. The minimum Gasteiger partial charge on any atom is -0.316 e. The molecule has 0 heterocycles. The van der Waals surface area contributed by atoms with Gasteiger partial charge in [-0.2, -0.15) is 0 Å². The first-order valence-corrected chi connectivity index (χ1v) is 6.14. The summed E-state index contributed by atoms with van der Waals surface area (Å²) in [4.78, 5) is 0. The van der Waals surface area contributed by atoms with Gasteiger partial charge in [0.05, 0.1) is 0 Å². The largest absolute Gasteiger partial charge is 0.316 e. The molecule has 0 amide bonds. The Morgan fingerprint density at radius 2 is 1.77 bits per heavy atom. The van der Waals surface area contributed by atoms with Gasteiger partial charge < -0.3 is 5.32 Å². The molecule has 1 N–H and O–H groups in total. The highest BCUT2D eigenvalue weighted by Crippen LogP contribution is 2.21. The van der Waals surface area contributed by atoms with Gasteiger partial charge in [0.2, 0.25) is 0 Å². The summed E-state index contributed by atoms with van der Waals surface area (Å²) in [6.07, 6.45) is 11.5. The molecule has 0 aromatic heterocycles. The molecule has 1 rings (SSSR count). The lowest BCUT2D eigenvalue weighted by molar-refractivity contribution is 0.423. The van der Waals surface area contributed by atoms with E-state index in [0.29, 0.717) is 0 Å². The number of hydrogen-bond acceptors (Lipinski definition) is 1. The molecule has 1 aliphatic carbocycles. The Hall–Kier alpha value is -0.0400. The molecule has 0 aromatic rings. The monoisotopic (exact) mass is 183 g/mol. The Morgan fingerprint density at radius 3 is 2.38 bits per heavy atom. The molecule has 1 aliphatic rings. The lowest BCUT2D eigenvalue weighted by atomic mass is 10.0. The Balaban J connectivity index is 1.98. The molecule has 0 radical (unpaired) electrons. The van der Waals surface area contributed by atoms with Crippen LogP contribution in [-0.2, 0) is 0 Å². The molecule has 0 aliphatic heterocycles. The zero-order chi connectivity index (χ0) is 9.36. The van der Waals surface area contributed by atoms with Crippen molar-refractivity contribution in [3.8, 4) is 0 Å². The van der Waals surface area contributed by atoms with Crippen LogP contribution >= 0.6 is 0 Å². The van der Waals surface area contributed by atoms with E-state index in [1.807, 2.05) is 0 Å². The molecule has 0 atom stereocenters. The fraction of sp³-hybridized carbons (Fsp3) is 1.00. The third-order valence-corrected chi connectivity index (χ3v) is 3.11. The summed E-state index contributed by atoms with van der Waals surface area (Å²) in [6, 6.07) is 0. The van der Waals surface area contributed by atoms with Crippen LogP contribution in [0.2, 0.25) is 0 Å². The summed E-state index contributed by atoms with van der Waals surface area (Å²) in [5, 5.41) is 3.58. The van der Waals surface area contributed by atoms with Gasteiger partial charge >= 0.3 is 0 Å². The van der Waals surface area contributed by atoms with Crippen molar-refractivity contribution in [3.63, 3.8) is 0 Å². The summed E-state index contributed by atoms with van der Waals surface area (Å²) in [6.45, 7) is 4.76. The van der Waals surface area contributed by atoms with Gasteiger partial charge in [0.15, 0.2) is 0 Å². The predicted octanol–water partition coefficient (Wildman–Crippen LogP) is 3.35. The van der Waals surface area contributed by atoms with Crippen molar-refractivity contribution in [2.45, 2.75) is 58.3 Å². The number of nitrogens with one attached hydrogen (secondary N) is 1. The van der Waals surface area contributed by atoms with E-state index in [2.05, 4.69) is 12.2 Å². The molecule has 0 unspecified atom stereocenters. The quantitative estimate of drug-likeness (QED) is 0.509. The number of unbranched alkanes of at least 4 members (excludes halogenated alkanes) is 1. The van der Waals surface area contributed by atoms with Crippen LogP contribution in [0.25, 0.3) is 0 Å². The Bertz CT molecular complexity index is 104. The van der Waals surface area contributed by atoms with Gasteiger partial charge in [0.25, 0.3) is 0 Å². The van der Waals surface area contributed by atoms with Gasteiger partial charge in [0, 0.05) is 0 Å². The van der Waals surface area contributed by atoms with Crippen LogP contribution in [0.15, 0.2) is 0 Å². The highest BCUT2D eigenvalue weighted by atomic mass is 14.8. The lowest BCUT2D eigenvalue weighted by Gasteiger charge is -2.14. The predicted molar refractivity (Wildman–Crippen MR) is 59.0 cm³/mol. The minimum atomic E-state index is 0.986. The van der Waals surface area contributed by atoms with E-state index >= 15 is 0 Å². The normalized spacial score (nSPS) is 20.1. The fourth-order valence-electron chi connectivity index (χ4n) is 2.18. The summed E-state index contributed by atoms with van der Waals surface area (Å²) in [5.41, 5.74) is 0. The van der Waals surface area contributed by atoms with Crippen LogP contribution in [0.3, 0.4) is 0 Å². The van der Waals surface area contributed by atoms with Crippen LogP contribution < -0.4 is 5.32 Å². The van der Waals surface area contributed by atoms with E-state index in [1.54, 1.807) is 0 Å². The van der Waals surface area contributed by atoms with E-state index < -0.39 is 0 Å². The maximum atomic E-state index is 3.58. The summed E-state index contributed by atoms with van der Waals surface area (Å²) in [7, 11) is 0. The Morgan fingerprint density at radius 1 is 1.08 bits per heavy atom. The highest BCUT2D eigenvalue weighted by Gasteiger charge is 2.10. The van der Waals surface area contributed by atoms with E-state index in [-0.39, 0.29) is 0 Å². The topological polar surface area (TPSA) is 12.0 Å². The van der Waals surface area contributed by atoms with Crippen molar-refractivity contribution in [2.75, 3.05) is 13.1 Å². The van der Waals surface area contributed by atoms with Crippen molar-refractivity contribution < 1.29 is 0 Å². The van der Waals surface area contributed by atoms with Crippen LogP contribution in [0.4, 0.5) is 0 Å². The van der Waals surface area contributed by atoms with Gasteiger partial charge in [-0.25, -0.2) is 0 Å². The van der Waals surface area contributed by atoms with Gasteiger partial charge in [-0.3, -0.25) is 0 Å². The molecule has 0 saturated heterocycles. The molecule has 0 bridgehead atoms. The van der Waals surface area contributed by atoms with Gasteiger partial charge in [-0.05, 0) is 38.3 Å². The maximum Gasteiger partial charge on any atom is -0.00205 e. The van der Waals surface area contributed by atoms with Gasteiger partial charge in [-0.1, -0.05) is 39.0 Å². The average Bonchev–Trinajstić information content (AvgIpc) is 2.41. The van der Waals surface area contributed by atoms with Crippen molar-refractivity contribution in [1.82, 2.24) is 5.32 Å². The van der Waals surface area contributed by atoms with Crippen LogP contribution in [0.5, 0.6) is 0 Å². The second kappa shape index (κ2) is 7.37. The molecule has 1 saturated carbocycles. The van der Waals surface area contributed by atoms with Gasteiger partial charge in [-0.15, -0.1) is 0 Å². The van der Waals surface area contributed by atoms with Crippen molar-refractivity contribution in [2.24, 2.45) is 5.92 Å². The third kappa shape index (κ3) is 5.30. The molecule has 1 fully saturated rings. The molecular formula is C12H25N. The Kier molecular flexibility index (Phi) is 6.26. The maximum absolute atomic E-state index is 3.58. The first-order valence-electron chi connectivity index (χ1n) is 6.14. The first-order chi connectivity index (χ1) is 6.43.